The molecule has 0 aromatic heterocycles. The highest BCUT2D eigenvalue weighted by atomic mass is 16.3. The molecule has 0 aliphatic heterocycles. The van der Waals surface area contributed by atoms with Crippen molar-refractivity contribution in [3.8, 4) is 0 Å². The molecule has 1 unspecified atom stereocenters. The molecule has 3 N–H and O–H groups in total. The molecule has 0 saturated carbocycles. The summed E-state index contributed by atoms with van der Waals surface area (Å²) in [6, 6.07) is 0. The van der Waals surface area contributed by atoms with Gasteiger partial charge in [-0.2, -0.15) is 0 Å². The number of hydrogen-bond acceptors (Lipinski definition) is 3. The third kappa shape index (κ3) is 7.48. The van der Waals surface area contributed by atoms with Crippen molar-refractivity contribution in [2.45, 2.75) is 60.0 Å². The van der Waals surface area contributed by atoms with E-state index in [2.05, 4.69) is 10.6 Å². The van der Waals surface area contributed by atoms with Gasteiger partial charge in [0.25, 0.3) is 0 Å². The van der Waals surface area contributed by atoms with Crippen LogP contribution < -0.4 is 10.6 Å². The summed E-state index contributed by atoms with van der Waals surface area (Å²) in [6.45, 7) is 10.1. The molecule has 1 atom stereocenters. The largest absolute Gasteiger partial charge is 0.391 e. The molecule has 0 saturated heterocycles. The minimum Gasteiger partial charge on any atom is -0.391 e. The van der Waals surface area contributed by atoms with Crippen LogP contribution in [-0.4, -0.2) is 36.1 Å². The Morgan fingerprint density at radius 1 is 1.10 bits per heavy atom. The second kappa shape index (κ2) is 8.95. The molecule has 5 heteroatoms. The predicted molar refractivity (Wildman–Crippen MR) is 80.2 cm³/mol. The monoisotopic (exact) mass is 286 g/mol. The Kier molecular flexibility index (Phi) is 8.46. The first-order valence-corrected chi connectivity index (χ1v) is 7.45. The number of aliphatic hydroxyl groups excluding tert-OH is 1. The van der Waals surface area contributed by atoms with Crippen LogP contribution in [0.2, 0.25) is 0 Å². The van der Waals surface area contributed by atoms with Crippen molar-refractivity contribution in [1.29, 1.82) is 0 Å². The van der Waals surface area contributed by atoms with Gasteiger partial charge in [-0.25, -0.2) is 0 Å². The summed E-state index contributed by atoms with van der Waals surface area (Å²) in [5.41, 5.74) is -0.442. The van der Waals surface area contributed by atoms with Gasteiger partial charge in [0.2, 0.25) is 11.8 Å². The molecule has 0 radical (unpaired) electrons. The Labute approximate surface area is 122 Å². The number of hydrogen-bond donors (Lipinski definition) is 3. The van der Waals surface area contributed by atoms with Gasteiger partial charge in [0.1, 0.15) is 0 Å². The minimum atomic E-state index is -0.502. The van der Waals surface area contributed by atoms with E-state index in [1.54, 1.807) is 0 Å². The van der Waals surface area contributed by atoms with Crippen LogP contribution in [0.4, 0.5) is 0 Å². The molecular formula is C15H30N2O3. The van der Waals surface area contributed by atoms with Crippen LogP contribution >= 0.6 is 0 Å². The van der Waals surface area contributed by atoms with E-state index in [0.717, 1.165) is 12.8 Å². The molecule has 118 valence electrons. The highest BCUT2D eigenvalue weighted by Crippen LogP contribution is 2.13. The van der Waals surface area contributed by atoms with Gasteiger partial charge in [-0.3, -0.25) is 9.59 Å². The Balaban J connectivity index is 3.88. The van der Waals surface area contributed by atoms with E-state index in [0.29, 0.717) is 6.54 Å². The third-order valence-electron chi connectivity index (χ3n) is 3.42. The molecule has 0 aliphatic carbocycles. The molecule has 20 heavy (non-hydrogen) atoms. The lowest BCUT2D eigenvalue weighted by atomic mass is 9.96. The van der Waals surface area contributed by atoms with Crippen molar-refractivity contribution in [2.24, 2.45) is 11.3 Å². The minimum absolute atomic E-state index is 0.0673. The normalized spacial score (nSPS) is 13.2. The zero-order chi connectivity index (χ0) is 15.8. The molecule has 0 rings (SSSR count). The van der Waals surface area contributed by atoms with Gasteiger partial charge in [-0.1, -0.05) is 47.5 Å². The highest BCUT2D eigenvalue weighted by molar-refractivity contribution is 5.82. The number of carbonyl (C=O) groups excluding carboxylic acids is 2. The predicted octanol–water partition coefficient (Wildman–Crippen LogP) is 1.45. The van der Waals surface area contributed by atoms with Crippen molar-refractivity contribution in [1.82, 2.24) is 10.6 Å². The summed E-state index contributed by atoms with van der Waals surface area (Å²) < 4.78 is 0. The fourth-order valence-corrected chi connectivity index (χ4v) is 1.86. The van der Waals surface area contributed by atoms with E-state index >= 15 is 0 Å². The van der Waals surface area contributed by atoms with Gasteiger partial charge in [-0.05, 0) is 5.92 Å². The molecule has 2 amide bonds. The van der Waals surface area contributed by atoms with Crippen LogP contribution in [0.5, 0.6) is 0 Å². The van der Waals surface area contributed by atoms with Gasteiger partial charge in [-0.15, -0.1) is 0 Å². The van der Waals surface area contributed by atoms with E-state index < -0.39 is 11.5 Å². The van der Waals surface area contributed by atoms with Crippen molar-refractivity contribution >= 4 is 11.8 Å². The smallest absolute Gasteiger partial charge is 0.225 e. The highest BCUT2D eigenvalue weighted by Gasteiger charge is 2.21. The van der Waals surface area contributed by atoms with E-state index in [1.807, 2.05) is 34.6 Å². The first-order valence-electron chi connectivity index (χ1n) is 7.45. The van der Waals surface area contributed by atoms with Gasteiger partial charge < -0.3 is 15.7 Å². The first kappa shape index (κ1) is 18.9. The second-order valence-electron chi connectivity index (χ2n) is 6.20. The summed E-state index contributed by atoms with van der Waals surface area (Å²) in [5, 5.41) is 15.3. The lowest BCUT2D eigenvalue weighted by Gasteiger charge is -2.20. The van der Waals surface area contributed by atoms with Gasteiger partial charge >= 0.3 is 0 Å². The van der Waals surface area contributed by atoms with Crippen molar-refractivity contribution in [3.63, 3.8) is 0 Å². The lowest BCUT2D eigenvalue weighted by Crippen LogP contribution is -2.39. The average Bonchev–Trinajstić information content (AvgIpc) is 2.36. The maximum Gasteiger partial charge on any atom is 0.225 e. The first-order chi connectivity index (χ1) is 9.22. The molecule has 0 bridgehead atoms. The van der Waals surface area contributed by atoms with Gasteiger partial charge in [0.15, 0.2) is 0 Å². The Bertz CT molecular complexity index is 307. The fourth-order valence-electron chi connectivity index (χ4n) is 1.86. The second-order valence-corrected chi connectivity index (χ2v) is 6.20. The standard InChI is InChI=1S/C15H30N2O3/c1-6-11(7-2)12(18)10-17-13(19)8-9-16-14(20)15(3,4)5/h11-12,18H,6-10H2,1-5H3,(H,16,20)(H,17,19). The van der Waals surface area contributed by atoms with Crippen LogP contribution in [0.3, 0.4) is 0 Å². The van der Waals surface area contributed by atoms with Crippen molar-refractivity contribution in [3.05, 3.63) is 0 Å². The van der Waals surface area contributed by atoms with Crippen molar-refractivity contribution in [2.75, 3.05) is 13.1 Å². The van der Waals surface area contributed by atoms with E-state index in [9.17, 15) is 14.7 Å². The molecule has 0 aliphatic rings. The van der Waals surface area contributed by atoms with Crippen LogP contribution in [-0.2, 0) is 9.59 Å². The molecule has 0 aromatic carbocycles. The van der Waals surface area contributed by atoms with Crippen LogP contribution in [0.1, 0.15) is 53.9 Å². The molecule has 0 spiro atoms. The molecule has 5 nitrogen and oxygen atoms in total. The molecular weight excluding hydrogens is 256 g/mol. The van der Waals surface area contributed by atoms with Gasteiger partial charge in [0.05, 0.1) is 6.10 Å². The Hall–Kier alpha value is -1.10. The Morgan fingerprint density at radius 2 is 1.65 bits per heavy atom. The summed E-state index contributed by atoms with van der Waals surface area (Å²) in [4.78, 5) is 23.2. The van der Waals surface area contributed by atoms with Crippen molar-refractivity contribution < 1.29 is 14.7 Å². The molecule has 0 heterocycles. The number of nitrogens with one attached hydrogen (secondary N) is 2. The maximum atomic E-state index is 11.6. The fraction of sp³-hybridized carbons (Fsp3) is 0.867. The lowest BCUT2D eigenvalue weighted by molar-refractivity contribution is -0.128. The molecule has 0 fully saturated rings. The third-order valence-corrected chi connectivity index (χ3v) is 3.42. The van der Waals surface area contributed by atoms with Crippen LogP contribution in [0, 0.1) is 11.3 Å². The summed E-state index contributed by atoms with van der Waals surface area (Å²) in [6.07, 6.45) is 1.53. The quantitative estimate of drug-likeness (QED) is 0.632. The summed E-state index contributed by atoms with van der Waals surface area (Å²) >= 11 is 0. The number of aliphatic hydroxyl groups is 1. The van der Waals surface area contributed by atoms with E-state index in [4.69, 9.17) is 0 Å². The average molecular weight is 286 g/mol. The Morgan fingerprint density at radius 3 is 2.10 bits per heavy atom. The van der Waals surface area contributed by atoms with E-state index in [1.165, 1.54) is 0 Å². The maximum absolute atomic E-state index is 11.6. The number of carbonyl (C=O) groups is 2. The van der Waals surface area contributed by atoms with Crippen LogP contribution in [0.25, 0.3) is 0 Å². The number of rotatable bonds is 8. The summed E-state index contributed by atoms with van der Waals surface area (Å²) in [5.74, 6) is 0.00229. The number of amides is 2. The topological polar surface area (TPSA) is 78.4 Å². The van der Waals surface area contributed by atoms with E-state index in [-0.39, 0.29) is 30.7 Å². The van der Waals surface area contributed by atoms with Crippen LogP contribution in [0.15, 0.2) is 0 Å². The zero-order valence-corrected chi connectivity index (χ0v) is 13.5. The zero-order valence-electron chi connectivity index (χ0n) is 13.5. The molecule has 0 aromatic rings. The SMILES string of the molecule is CCC(CC)C(O)CNC(=O)CCNC(=O)C(C)(C)C. The summed E-state index contributed by atoms with van der Waals surface area (Å²) in [7, 11) is 0. The van der Waals surface area contributed by atoms with Gasteiger partial charge in [0, 0.05) is 24.9 Å².